The maximum atomic E-state index is 5.24. The summed E-state index contributed by atoms with van der Waals surface area (Å²) in [6, 6.07) is 0. The molecule has 2 atom stereocenters. The number of ether oxygens (including phenoxy) is 1. The van der Waals surface area contributed by atoms with Gasteiger partial charge in [-0.1, -0.05) is 19.8 Å². The fourth-order valence-electron chi connectivity index (χ4n) is 1.21. The highest BCUT2D eigenvalue weighted by Gasteiger charge is 2.26. The lowest BCUT2D eigenvalue weighted by Crippen LogP contribution is -2.36. The van der Waals surface area contributed by atoms with E-state index in [9.17, 15) is 0 Å². The van der Waals surface area contributed by atoms with Crippen molar-refractivity contribution < 1.29 is 4.74 Å². The fraction of sp³-hybridized carbons (Fsp3) is 1.00. The summed E-state index contributed by atoms with van der Waals surface area (Å²) in [6.45, 7) is 5.43. The monoisotopic (exact) mass is 128 g/mol. The molecule has 0 spiro atoms. The summed E-state index contributed by atoms with van der Waals surface area (Å²) in [6.07, 6.45) is 4.62. The molecule has 0 bridgehead atoms. The second kappa shape index (κ2) is 3.21. The molecule has 1 heterocycles. The second-order valence-corrected chi connectivity index (χ2v) is 2.94. The van der Waals surface area contributed by atoms with Crippen molar-refractivity contribution in [3.05, 3.63) is 0 Å². The van der Waals surface area contributed by atoms with Gasteiger partial charge in [0, 0.05) is 5.92 Å². The molecule has 0 unspecified atom stereocenters. The van der Waals surface area contributed by atoms with Crippen LogP contribution in [0.15, 0.2) is 0 Å². The Labute approximate surface area is 57.4 Å². The van der Waals surface area contributed by atoms with Crippen LogP contribution in [0.4, 0.5) is 0 Å². The molecule has 0 N–H and O–H groups in total. The van der Waals surface area contributed by atoms with Crippen molar-refractivity contribution in [1.29, 1.82) is 0 Å². The maximum Gasteiger partial charge on any atom is 0.0597 e. The Morgan fingerprint density at radius 2 is 2.33 bits per heavy atom. The Hall–Kier alpha value is -0.0400. The van der Waals surface area contributed by atoms with E-state index in [0.717, 1.165) is 12.5 Å². The predicted octanol–water partition coefficient (Wildman–Crippen LogP) is 2.21. The van der Waals surface area contributed by atoms with Gasteiger partial charge in [-0.3, -0.25) is 0 Å². The minimum absolute atomic E-state index is 0.552. The van der Waals surface area contributed by atoms with Crippen LogP contribution < -0.4 is 0 Å². The predicted molar refractivity (Wildman–Crippen MR) is 38.4 cm³/mol. The highest BCUT2D eigenvalue weighted by molar-refractivity contribution is 4.73. The Morgan fingerprint density at radius 1 is 1.56 bits per heavy atom. The molecule has 1 nitrogen and oxygen atoms in total. The van der Waals surface area contributed by atoms with E-state index < -0.39 is 0 Å². The Bertz CT molecular complexity index is 80.6. The van der Waals surface area contributed by atoms with Gasteiger partial charge in [0.15, 0.2) is 0 Å². The van der Waals surface area contributed by atoms with Crippen molar-refractivity contribution in [1.82, 2.24) is 0 Å². The summed E-state index contributed by atoms with van der Waals surface area (Å²) in [5, 5.41) is 0. The molecule has 0 aromatic heterocycles. The van der Waals surface area contributed by atoms with E-state index in [2.05, 4.69) is 13.8 Å². The fourth-order valence-corrected chi connectivity index (χ4v) is 1.21. The molecule has 1 heteroatoms. The summed E-state index contributed by atoms with van der Waals surface area (Å²) in [5.41, 5.74) is 0. The maximum absolute atomic E-state index is 5.24. The van der Waals surface area contributed by atoms with Gasteiger partial charge in [-0.05, 0) is 13.3 Å². The molecule has 54 valence electrons. The van der Waals surface area contributed by atoms with Crippen LogP contribution in [0.25, 0.3) is 0 Å². The molecule has 0 aromatic rings. The van der Waals surface area contributed by atoms with Gasteiger partial charge in [0.05, 0.1) is 12.7 Å². The largest absolute Gasteiger partial charge is 0.378 e. The van der Waals surface area contributed by atoms with E-state index in [1.165, 1.54) is 19.3 Å². The normalized spacial score (nSPS) is 34.0. The van der Waals surface area contributed by atoms with Crippen LogP contribution >= 0.6 is 0 Å². The van der Waals surface area contributed by atoms with Crippen molar-refractivity contribution in [3.63, 3.8) is 0 Å². The molecule has 0 aliphatic carbocycles. The van der Waals surface area contributed by atoms with Crippen molar-refractivity contribution in [2.24, 2.45) is 5.92 Å². The van der Waals surface area contributed by atoms with Crippen LogP contribution in [0, 0.1) is 5.92 Å². The summed E-state index contributed by atoms with van der Waals surface area (Å²) >= 11 is 0. The van der Waals surface area contributed by atoms with Gasteiger partial charge in [0.1, 0.15) is 0 Å². The molecule has 1 aliphatic heterocycles. The first kappa shape index (κ1) is 7.07. The van der Waals surface area contributed by atoms with Crippen molar-refractivity contribution in [2.45, 2.75) is 39.2 Å². The minimum atomic E-state index is 0.552. The molecule has 0 radical (unpaired) electrons. The van der Waals surface area contributed by atoms with E-state index in [4.69, 9.17) is 4.74 Å². The van der Waals surface area contributed by atoms with Gasteiger partial charge in [0.2, 0.25) is 0 Å². The molecule has 1 aliphatic rings. The summed E-state index contributed by atoms with van der Waals surface area (Å²) in [5.74, 6) is 0.880. The molecule has 1 fully saturated rings. The SMILES string of the molecule is CCCC[C@H]1CO[C@H]1C. The Morgan fingerprint density at radius 3 is 2.67 bits per heavy atom. The quantitative estimate of drug-likeness (QED) is 0.566. The average molecular weight is 128 g/mol. The van der Waals surface area contributed by atoms with Crippen LogP contribution in [0.5, 0.6) is 0 Å². The van der Waals surface area contributed by atoms with Gasteiger partial charge < -0.3 is 4.74 Å². The molecule has 0 amide bonds. The van der Waals surface area contributed by atoms with Gasteiger partial charge in [-0.25, -0.2) is 0 Å². The molecule has 1 saturated heterocycles. The number of unbranched alkanes of at least 4 members (excludes halogenated alkanes) is 1. The van der Waals surface area contributed by atoms with Gasteiger partial charge in [-0.15, -0.1) is 0 Å². The number of rotatable bonds is 3. The van der Waals surface area contributed by atoms with Crippen LogP contribution in [0.2, 0.25) is 0 Å². The van der Waals surface area contributed by atoms with E-state index >= 15 is 0 Å². The first-order chi connectivity index (χ1) is 4.34. The molecule has 1 rings (SSSR count). The smallest absolute Gasteiger partial charge is 0.0597 e. The Balaban J connectivity index is 1.99. The van der Waals surface area contributed by atoms with E-state index in [-0.39, 0.29) is 0 Å². The molecule has 0 aromatic carbocycles. The standard InChI is InChI=1S/C8H16O/c1-3-4-5-8-6-9-7(8)2/h7-8H,3-6H2,1-2H3/t7-,8-/m0/s1. The highest BCUT2D eigenvalue weighted by atomic mass is 16.5. The molecular weight excluding hydrogens is 112 g/mol. The zero-order valence-corrected chi connectivity index (χ0v) is 6.39. The summed E-state index contributed by atoms with van der Waals surface area (Å²) in [4.78, 5) is 0. The summed E-state index contributed by atoms with van der Waals surface area (Å²) < 4.78 is 5.24. The van der Waals surface area contributed by atoms with E-state index in [1.807, 2.05) is 0 Å². The van der Waals surface area contributed by atoms with Crippen molar-refractivity contribution >= 4 is 0 Å². The molecular formula is C8H16O. The van der Waals surface area contributed by atoms with Crippen LogP contribution in [-0.2, 0) is 4.74 Å². The van der Waals surface area contributed by atoms with Crippen molar-refractivity contribution in [3.8, 4) is 0 Å². The second-order valence-electron chi connectivity index (χ2n) is 2.94. The first-order valence-corrected chi connectivity index (χ1v) is 3.96. The van der Waals surface area contributed by atoms with Gasteiger partial charge >= 0.3 is 0 Å². The minimum Gasteiger partial charge on any atom is -0.378 e. The lowest BCUT2D eigenvalue weighted by Gasteiger charge is -2.34. The third-order valence-corrected chi connectivity index (χ3v) is 2.17. The van der Waals surface area contributed by atoms with Crippen LogP contribution in [-0.4, -0.2) is 12.7 Å². The zero-order valence-electron chi connectivity index (χ0n) is 6.39. The zero-order chi connectivity index (χ0) is 6.69. The van der Waals surface area contributed by atoms with Crippen molar-refractivity contribution in [2.75, 3.05) is 6.61 Å². The van der Waals surface area contributed by atoms with E-state index in [0.29, 0.717) is 6.10 Å². The Kier molecular flexibility index (Phi) is 2.52. The topological polar surface area (TPSA) is 9.23 Å². The number of hydrogen-bond donors (Lipinski definition) is 0. The van der Waals surface area contributed by atoms with Crippen LogP contribution in [0.1, 0.15) is 33.1 Å². The van der Waals surface area contributed by atoms with Gasteiger partial charge in [-0.2, -0.15) is 0 Å². The van der Waals surface area contributed by atoms with E-state index in [1.54, 1.807) is 0 Å². The lowest BCUT2D eigenvalue weighted by atomic mass is 9.94. The van der Waals surface area contributed by atoms with Gasteiger partial charge in [0.25, 0.3) is 0 Å². The first-order valence-electron chi connectivity index (χ1n) is 3.96. The summed E-state index contributed by atoms with van der Waals surface area (Å²) in [7, 11) is 0. The molecule has 9 heavy (non-hydrogen) atoms. The molecule has 0 saturated carbocycles. The highest BCUT2D eigenvalue weighted by Crippen LogP contribution is 2.24. The lowest BCUT2D eigenvalue weighted by molar-refractivity contribution is -0.106. The van der Waals surface area contributed by atoms with Crippen LogP contribution in [0.3, 0.4) is 0 Å². The number of hydrogen-bond acceptors (Lipinski definition) is 1. The third-order valence-electron chi connectivity index (χ3n) is 2.17. The average Bonchev–Trinajstić information content (AvgIpc) is 1.86. The third kappa shape index (κ3) is 1.68.